The van der Waals surface area contributed by atoms with Crippen molar-refractivity contribution in [2.75, 3.05) is 14.2 Å². The fourth-order valence-corrected chi connectivity index (χ4v) is 2.49. The maximum Gasteiger partial charge on any atom is 0.118 e. The highest BCUT2D eigenvalue weighted by Crippen LogP contribution is 2.24. The van der Waals surface area contributed by atoms with Crippen molar-refractivity contribution in [1.29, 1.82) is 0 Å². The van der Waals surface area contributed by atoms with Gasteiger partial charge in [0.25, 0.3) is 0 Å². The SMILES string of the molecule is CCCc1ccc(C(NC)c2ccc(OC)cc2)cc1. The molecule has 0 bridgehead atoms. The van der Waals surface area contributed by atoms with Crippen LogP contribution in [-0.2, 0) is 6.42 Å². The van der Waals surface area contributed by atoms with Gasteiger partial charge in [0.15, 0.2) is 0 Å². The maximum atomic E-state index is 5.21. The van der Waals surface area contributed by atoms with Gasteiger partial charge < -0.3 is 10.1 Å². The van der Waals surface area contributed by atoms with Gasteiger partial charge in [0.05, 0.1) is 13.2 Å². The molecule has 2 heteroatoms. The van der Waals surface area contributed by atoms with E-state index in [0.717, 1.165) is 12.2 Å². The topological polar surface area (TPSA) is 21.3 Å². The Morgan fingerprint density at radius 1 is 0.950 bits per heavy atom. The van der Waals surface area contributed by atoms with Crippen molar-refractivity contribution in [2.24, 2.45) is 0 Å². The van der Waals surface area contributed by atoms with Crippen molar-refractivity contribution in [1.82, 2.24) is 5.32 Å². The average molecular weight is 269 g/mol. The summed E-state index contributed by atoms with van der Waals surface area (Å²) < 4.78 is 5.21. The van der Waals surface area contributed by atoms with Gasteiger partial charge in [0, 0.05) is 0 Å². The minimum atomic E-state index is 0.219. The molecule has 0 saturated carbocycles. The van der Waals surface area contributed by atoms with E-state index in [2.05, 4.69) is 48.6 Å². The van der Waals surface area contributed by atoms with Gasteiger partial charge in [-0.2, -0.15) is 0 Å². The molecular weight excluding hydrogens is 246 g/mol. The van der Waals surface area contributed by atoms with Gasteiger partial charge in [-0.25, -0.2) is 0 Å². The zero-order chi connectivity index (χ0) is 14.4. The number of methoxy groups -OCH3 is 1. The van der Waals surface area contributed by atoms with E-state index >= 15 is 0 Å². The molecule has 2 aromatic rings. The second-order valence-corrected chi connectivity index (χ2v) is 4.99. The van der Waals surface area contributed by atoms with Crippen LogP contribution in [0.3, 0.4) is 0 Å². The van der Waals surface area contributed by atoms with Crippen molar-refractivity contribution < 1.29 is 4.74 Å². The van der Waals surface area contributed by atoms with Gasteiger partial charge >= 0.3 is 0 Å². The van der Waals surface area contributed by atoms with E-state index in [1.165, 1.54) is 23.1 Å². The molecule has 1 N–H and O–H groups in total. The summed E-state index contributed by atoms with van der Waals surface area (Å²) in [6, 6.07) is 17.3. The van der Waals surface area contributed by atoms with Crippen molar-refractivity contribution >= 4 is 0 Å². The van der Waals surface area contributed by atoms with Crippen molar-refractivity contribution in [3.8, 4) is 5.75 Å². The first-order valence-electron chi connectivity index (χ1n) is 7.18. The summed E-state index contributed by atoms with van der Waals surface area (Å²) in [5.41, 5.74) is 3.94. The fraction of sp³-hybridized carbons (Fsp3) is 0.333. The van der Waals surface area contributed by atoms with Crippen molar-refractivity contribution in [3.63, 3.8) is 0 Å². The van der Waals surface area contributed by atoms with Gasteiger partial charge in [-0.05, 0) is 42.3 Å². The molecular formula is C18H23NO. The highest BCUT2D eigenvalue weighted by molar-refractivity contribution is 5.36. The summed E-state index contributed by atoms with van der Waals surface area (Å²) in [6.07, 6.45) is 2.33. The van der Waals surface area contributed by atoms with Crippen LogP contribution in [0.2, 0.25) is 0 Å². The average Bonchev–Trinajstić information content (AvgIpc) is 2.51. The predicted octanol–water partition coefficient (Wildman–Crippen LogP) is 3.96. The van der Waals surface area contributed by atoms with E-state index in [1.54, 1.807) is 7.11 Å². The quantitative estimate of drug-likeness (QED) is 0.857. The van der Waals surface area contributed by atoms with Gasteiger partial charge in [-0.15, -0.1) is 0 Å². The van der Waals surface area contributed by atoms with Crippen LogP contribution in [0.25, 0.3) is 0 Å². The van der Waals surface area contributed by atoms with Crippen LogP contribution >= 0.6 is 0 Å². The van der Waals surface area contributed by atoms with E-state index in [9.17, 15) is 0 Å². The number of hydrogen-bond acceptors (Lipinski definition) is 2. The minimum Gasteiger partial charge on any atom is -0.497 e. The number of nitrogens with one attached hydrogen (secondary N) is 1. The Morgan fingerprint density at radius 2 is 1.50 bits per heavy atom. The molecule has 0 heterocycles. The van der Waals surface area contributed by atoms with Crippen LogP contribution in [0.4, 0.5) is 0 Å². The highest BCUT2D eigenvalue weighted by atomic mass is 16.5. The lowest BCUT2D eigenvalue weighted by Crippen LogP contribution is -2.17. The van der Waals surface area contributed by atoms with E-state index in [4.69, 9.17) is 4.74 Å². The molecule has 0 saturated heterocycles. The Balaban J connectivity index is 2.21. The Morgan fingerprint density at radius 3 is 1.95 bits per heavy atom. The summed E-state index contributed by atoms with van der Waals surface area (Å²) in [4.78, 5) is 0. The molecule has 106 valence electrons. The van der Waals surface area contributed by atoms with Crippen LogP contribution in [-0.4, -0.2) is 14.2 Å². The fourth-order valence-electron chi connectivity index (χ4n) is 2.49. The second kappa shape index (κ2) is 7.11. The molecule has 2 aromatic carbocycles. The first-order valence-corrected chi connectivity index (χ1v) is 7.18. The lowest BCUT2D eigenvalue weighted by molar-refractivity contribution is 0.414. The number of ether oxygens (including phenoxy) is 1. The molecule has 2 rings (SSSR count). The minimum absolute atomic E-state index is 0.219. The summed E-state index contributed by atoms with van der Waals surface area (Å²) >= 11 is 0. The second-order valence-electron chi connectivity index (χ2n) is 4.99. The lowest BCUT2D eigenvalue weighted by atomic mass is 9.97. The van der Waals surface area contributed by atoms with Gasteiger partial charge in [-0.1, -0.05) is 49.7 Å². The van der Waals surface area contributed by atoms with Gasteiger partial charge in [0.1, 0.15) is 5.75 Å². The third kappa shape index (κ3) is 3.40. The van der Waals surface area contributed by atoms with Crippen molar-refractivity contribution in [3.05, 3.63) is 65.2 Å². The zero-order valence-corrected chi connectivity index (χ0v) is 12.5. The van der Waals surface area contributed by atoms with Crippen LogP contribution < -0.4 is 10.1 Å². The van der Waals surface area contributed by atoms with E-state index in [-0.39, 0.29) is 6.04 Å². The summed E-state index contributed by atoms with van der Waals surface area (Å²) in [7, 11) is 3.69. The Labute approximate surface area is 121 Å². The largest absolute Gasteiger partial charge is 0.497 e. The molecule has 0 spiro atoms. The van der Waals surface area contributed by atoms with E-state index in [1.807, 2.05) is 19.2 Å². The van der Waals surface area contributed by atoms with Gasteiger partial charge in [0.2, 0.25) is 0 Å². The molecule has 1 unspecified atom stereocenters. The third-order valence-electron chi connectivity index (χ3n) is 3.59. The first-order chi connectivity index (χ1) is 9.78. The maximum absolute atomic E-state index is 5.21. The van der Waals surface area contributed by atoms with Crippen LogP contribution in [0, 0.1) is 0 Å². The van der Waals surface area contributed by atoms with E-state index in [0.29, 0.717) is 0 Å². The summed E-state index contributed by atoms with van der Waals surface area (Å²) in [5.74, 6) is 0.891. The Bertz CT molecular complexity index is 516. The number of benzene rings is 2. The number of rotatable bonds is 6. The molecule has 0 aliphatic carbocycles. The van der Waals surface area contributed by atoms with Gasteiger partial charge in [-0.3, -0.25) is 0 Å². The molecule has 0 aromatic heterocycles. The summed E-state index contributed by atoms with van der Waals surface area (Å²) in [5, 5.41) is 3.38. The molecule has 0 fully saturated rings. The van der Waals surface area contributed by atoms with Crippen LogP contribution in [0.15, 0.2) is 48.5 Å². The Hall–Kier alpha value is -1.80. The molecule has 0 aliphatic heterocycles. The van der Waals surface area contributed by atoms with Crippen LogP contribution in [0.5, 0.6) is 5.75 Å². The molecule has 0 radical (unpaired) electrons. The molecule has 1 atom stereocenters. The molecule has 20 heavy (non-hydrogen) atoms. The predicted molar refractivity (Wildman–Crippen MR) is 84.3 cm³/mol. The first kappa shape index (κ1) is 14.6. The third-order valence-corrected chi connectivity index (χ3v) is 3.59. The number of aryl methyl sites for hydroxylation is 1. The monoisotopic (exact) mass is 269 g/mol. The Kier molecular flexibility index (Phi) is 5.19. The summed E-state index contributed by atoms with van der Waals surface area (Å²) in [6.45, 7) is 2.21. The number of hydrogen-bond donors (Lipinski definition) is 1. The zero-order valence-electron chi connectivity index (χ0n) is 12.5. The smallest absolute Gasteiger partial charge is 0.118 e. The normalized spacial score (nSPS) is 12.2. The molecule has 0 aliphatic rings. The standard InChI is InChI=1S/C18H23NO/c1-4-5-14-6-8-15(9-7-14)18(19-2)16-10-12-17(20-3)13-11-16/h6-13,18-19H,4-5H2,1-3H3. The molecule has 0 amide bonds. The van der Waals surface area contributed by atoms with E-state index < -0.39 is 0 Å². The highest BCUT2D eigenvalue weighted by Gasteiger charge is 2.11. The van der Waals surface area contributed by atoms with Crippen LogP contribution in [0.1, 0.15) is 36.1 Å². The lowest BCUT2D eigenvalue weighted by Gasteiger charge is -2.18. The molecule has 2 nitrogen and oxygen atoms in total. The van der Waals surface area contributed by atoms with Crippen molar-refractivity contribution in [2.45, 2.75) is 25.8 Å².